The summed E-state index contributed by atoms with van der Waals surface area (Å²) in [6.07, 6.45) is 9.18. The summed E-state index contributed by atoms with van der Waals surface area (Å²) in [5.41, 5.74) is 1.56. The highest BCUT2D eigenvalue weighted by atomic mass is 16.5. The summed E-state index contributed by atoms with van der Waals surface area (Å²) < 4.78 is 6.14. The lowest BCUT2D eigenvalue weighted by atomic mass is 9.36. The molecule has 0 saturated heterocycles. The lowest BCUT2D eigenvalue weighted by Gasteiger charge is -2.69. The Hall–Kier alpha value is -2.58. The van der Waals surface area contributed by atoms with Gasteiger partial charge in [0, 0.05) is 36.5 Å². The van der Waals surface area contributed by atoms with E-state index >= 15 is 0 Å². The maximum absolute atomic E-state index is 13.9. The van der Waals surface area contributed by atoms with Crippen LogP contribution in [0.5, 0.6) is 0 Å². The fourth-order valence-electron chi connectivity index (χ4n) is 12.6. The summed E-state index contributed by atoms with van der Waals surface area (Å²) >= 11 is 0. The summed E-state index contributed by atoms with van der Waals surface area (Å²) in [5.74, 6) is 0.646. The normalized spacial score (nSPS) is 37.0. The number of ketones is 1. The quantitative estimate of drug-likeness (QED) is 0.215. The van der Waals surface area contributed by atoms with Gasteiger partial charge in [-0.3, -0.25) is 19.4 Å². The highest BCUT2D eigenvalue weighted by molar-refractivity contribution is 6.00. The number of aromatic nitrogens is 1. The number of ether oxygens (including phenoxy) is 1. The molecule has 1 aromatic heterocycles. The Labute approximate surface area is 299 Å². The van der Waals surface area contributed by atoms with Gasteiger partial charge in [-0.25, -0.2) is 0 Å². The second-order valence-corrected chi connectivity index (χ2v) is 18.9. The number of carboxylic acids is 1. The molecule has 3 N–H and O–H groups in total. The second kappa shape index (κ2) is 13.1. The van der Waals surface area contributed by atoms with Gasteiger partial charge in [0.05, 0.1) is 23.6 Å². The first-order valence-electron chi connectivity index (χ1n) is 19.4. The number of carboxylic acid groups (broad SMARTS) is 1. The largest absolute Gasteiger partial charge is 0.481 e. The Morgan fingerprint density at radius 1 is 1.00 bits per heavy atom. The van der Waals surface area contributed by atoms with E-state index in [9.17, 15) is 24.6 Å². The van der Waals surface area contributed by atoms with E-state index in [-0.39, 0.29) is 40.5 Å². The number of fused-ring (bicyclic) bond motifs is 7. The molecule has 4 saturated carbocycles. The third kappa shape index (κ3) is 5.98. The van der Waals surface area contributed by atoms with Crippen molar-refractivity contribution in [3.63, 3.8) is 0 Å². The molecule has 0 spiro atoms. The van der Waals surface area contributed by atoms with Gasteiger partial charge in [0.1, 0.15) is 6.10 Å². The van der Waals surface area contributed by atoms with Gasteiger partial charge < -0.3 is 20.3 Å². The van der Waals surface area contributed by atoms with Crippen LogP contribution in [-0.4, -0.2) is 51.7 Å². The fourth-order valence-corrected chi connectivity index (χ4v) is 12.6. The number of carbonyl (C=O) groups is 3. The first kappa shape index (κ1) is 37.2. The Bertz CT molecular complexity index is 1520. The molecular weight excluding hydrogens is 628 g/mol. The van der Waals surface area contributed by atoms with Crippen molar-refractivity contribution in [1.29, 1.82) is 0 Å². The maximum atomic E-state index is 13.9. The molecule has 0 bridgehead atoms. The smallest absolute Gasteiger partial charge is 0.309 e. The van der Waals surface area contributed by atoms with Crippen molar-refractivity contribution in [2.24, 2.45) is 56.7 Å². The Kier molecular flexibility index (Phi) is 9.76. The van der Waals surface area contributed by atoms with E-state index in [0.717, 1.165) is 62.6 Å². The number of nitrogens with zero attached hydrogens (tertiary/aromatic N) is 1. The molecule has 0 radical (unpaired) electrons. The molecule has 5 aliphatic carbocycles. The minimum Gasteiger partial charge on any atom is -0.481 e. The predicted molar refractivity (Wildman–Crippen MR) is 193 cm³/mol. The fraction of sp³-hybridized carbons (Fsp3) is 0.762. The van der Waals surface area contributed by atoms with Crippen LogP contribution in [0.15, 0.2) is 35.5 Å². The van der Waals surface area contributed by atoms with Gasteiger partial charge >= 0.3 is 11.9 Å². The van der Waals surface area contributed by atoms with Gasteiger partial charge in [0.15, 0.2) is 5.78 Å². The highest BCUT2D eigenvalue weighted by Gasteiger charge is 2.67. The standard InChI is InChI=1S/C42H62N2O6/c1-25(2)35-29(45)21-42(32(46)24-43-23-26-11-9-10-20-44-26)19-14-28-27(36(35)42)12-13-31-40(28,7)17-15-30-39(5,6)33(16-18-41(30,31)8)50-34(47)22-38(3,4)37(48)49/h9-11,20,25,27-28,30-33,43,46H,12-19,21-24H2,1-8H3,(H,48,49)/t27?,28?,30?,31?,32-,33?,40?,41?,42?/m0/s1. The van der Waals surface area contributed by atoms with Gasteiger partial charge in [0.25, 0.3) is 0 Å². The number of allylic oxidation sites excluding steroid dienone is 1. The molecule has 4 fully saturated rings. The Morgan fingerprint density at radius 3 is 2.38 bits per heavy atom. The van der Waals surface area contributed by atoms with Crippen molar-refractivity contribution in [2.45, 2.75) is 138 Å². The third-order valence-electron chi connectivity index (χ3n) is 15.0. The minimum atomic E-state index is -1.16. The molecule has 8 heteroatoms. The summed E-state index contributed by atoms with van der Waals surface area (Å²) in [6, 6.07) is 5.87. The lowest BCUT2D eigenvalue weighted by molar-refractivity contribution is -0.214. The molecule has 50 heavy (non-hydrogen) atoms. The third-order valence-corrected chi connectivity index (χ3v) is 15.0. The lowest BCUT2D eigenvalue weighted by Crippen LogP contribution is -2.63. The van der Waals surface area contributed by atoms with Crippen molar-refractivity contribution in [1.82, 2.24) is 10.3 Å². The van der Waals surface area contributed by atoms with Gasteiger partial charge in [-0.1, -0.05) is 53.2 Å². The van der Waals surface area contributed by atoms with Crippen LogP contribution < -0.4 is 5.32 Å². The summed E-state index contributed by atoms with van der Waals surface area (Å²) in [6.45, 7) is 18.1. The summed E-state index contributed by atoms with van der Waals surface area (Å²) in [4.78, 5) is 43.1. The first-order chi connectivity index (χ1) is 23.4. The maximum Gasteiger partial charge on any atom is 0.309 e. The molecule has 0 amide bonds. The van der Waals surface area contributed by atoms with E-state index in [1.165, 1.54) is 5.57 Å². The average Bonchev–Trinajstić information content (AvgIpc) is 3.36. The molecule has 5 aliphatic rings. The van der Waals surface area contributed by atoms with Crippen molar-refractivity contribution in [2.75, 3.05) is 6.54 Å². The van der Waals surface area contributed by atoms with Gasteiger partial charge in [0.2, 0.25) is 0 Å². The van der Waals surface area contributed by atoms with Crippen molar-refractivity contribution >= 4 is 17.7 Å². The molecule has 1 heterocycles. The number of carbonyl (C=O) groups excluding carboxylic acids is 2. The molecule has 9 atom stereocenters. The molecule has 276 valence electrons. The van der Waals surface area contributed by atoms with Gasteiger partial charge in [-0.2, -0.15) is 0 Å². The number of aliphatic hydroxyl groups is 1. The zero-order chi connectivity index (χ0) is 36.4. The number of pyridine rings is 1. The van der Waals surface area contributed by atoms with Crippen LogP contribution in [0, 0.1) is 56.7 Å². The van der Waals surface area contributed by atoms with Crippen LogP contribution in [0.1, 0.15) is 125 Å². The zero-order valence-corrected chi connectivity index (χ0v) is 31.8. The number of aliphatic hydroxyl groups excluding tert-OH is 1. The number of Topliss-reactive ketones (excluding diaryl/α,β-unsaturated/α-hetero) is 1. The van der Waals surface area contributed by atoms with Crippen LogP contribution in [0.25, 0.3) is 0 Å². The van der Waals surface area contributed by atoms with Crippen LogP contribution >= 0.6 is 0 Å². The summed E-state index contributed by atoms with van der Waals surface area (Å²) in [7, 11) is 0. The minimum absolute atomic E-state index is 0.0922. The summed E-state index contributed by atoms with van der Waals surface area (Å²) in [5, 5.41) is 25.1. The van der Waals surface area contributed by atoms with E-state index in [4.69, 9.17) is 4.74 Å². The first-order valence-corrected chi connectivity index (χ1v) is 19.4. The number of hydrogen-bond donors (Lipinski definition) is 3. The Morgan fingerprint density at radius 2 is 1.72 bits per heavy atom. The van der Waals surface area contributed by atoms with E-state index in [0.29, 0.717) is 43.2 Å². The molecular formula is C42H62N2O6. The van der Waals surface area contributed by atoms with Crippen molar-refractivity contribution in [3.05, 3.63) is 41.2 Å². The molecule has 0 aromatic carbocycles. The average molecular weight is 691 g/mol. The van der Waals surface area contributed by atoms with E-state index in [1.54, 1.807) is 20.0 Å². The van der Waals surface area contributed by atoms with Crippen LogP contribution in [0.2, 0.25) is 0 Å². The van der Waals surface area contributed by atoms with Crippen LogP contribution in [-0.2, 0) is 25.7 Å². The number of rotatable bonds is 10. The van der Waals surface area contributed by atoms with Gasteiger partial charge in [-0.05, 0) is 123 Å². The second-order valence-electron chi connectivity index (χ2n) is 18.9. The number of aliphatic carboxylic acids is 1. The monoisotopic (exact) mass is 690 g/mol. The van der Waals surface area contributed by atoms with Crippen LogP contribution in [0.4, 0.5) is 0 Å². The predicted octanol–water partition coefficient (Wildman–Crippen LogP) is 7.54. The molecule has 0 aliphatic heterocycles. The highest BCUT2D eigenvalue weighted by Crippen LogP contribution is 2.73. The van der Waals surface area contributed by atoms with Crippen LogP contribution in [0.3, 0.4) is 0 Å². The molecule has 8 unspecified atom stereocenters. The van der Waals surface area contributed by atoms with Crippen molar-refractivity contribution in [3.8, 4) is 0 Å². The zero-order valence-electron chi connectivity index (χ0n) is 31.8. The number of nitrogens with one attached hydrogen (secondary N) is 1. The SMILES string of the molecule is CC(C)C1=C2C3CCC4C(C)(CCC5C(C)(C)C(OC(=O)CC(C)(C)C(=O)O)CCC54C)C3CCC2([C@@H](O)CNCc2ccccn2)CC1=O. The molecule has 8 nitrogen and oxygen atoms in total. The van der Waals surface area contributed by atoms with Gasteiger partial charge in [-0.15, -0.1) is 0 Å². The Balaban J connectivity index is 1.23. The number of esters is 1. The molecule has 6 rings (SSSR count). The van der Waals surface area contributed by atoms with E-state index in [1.807, 2.05) is 18.2 Å². The van der Waals surface area contributed by atoms with Crippen molar-refractivity contribution < 1.29 is 29.3 Å². The molecule has 1 aromatic rings. The van der Waals surface area contributed by atoms with E-state index in [2.05, 4.69) is 51.8 Å². The topological polar surface area (TPSA) is 126 Å². The van der Waals surface area contributed by atoms with E-state index < -0.39 is 28.9 Å². The number of hydrogen-bond acceptors (Lipinski definition) is 7.